The highest BCUT2D eigenvalue weighted by Gasteiger charge is 2.30. The maximum atomic E-state index is 12.8. The fourth-order valence-electron chi connectivity index (χ4n) is 3.49. The van der Waals surface area contributed by atoms with Gasteiger partial charge in [0.05, 0.1) is 24.2 Å². The van der Waals surface area contributed by atoms with Crippen molar-refractivity contribution in [1.82, 2.24) is 0 Å². The van der Waals surface area contributed by atoms with Crippen LogP contribution < -0.4 is 10.4 Å². The summed E-state index contributed by atoms with van der Waals surface area (Å²) in [5.41, 5.74) is -1.26. The number of phenols is 2. The lowest BCUT2D eigenvalue weighted by atomic mass is 9.92. The summed E-state index contributed by atoms with van der Waals surface area (Å²) in [5.74, 6) is -0.235. The molecule has 0 bridgehead atoms. The van der Waals surface area contributed by atoms with E-state index in [1.165, 1.54) is 39.2 Å². The predicted molar refractivity (Wildman–Crippen MR) is 106 cm³/mol. The highest BCUT2D eigenvalue weighted by molar-refractivity contribution is 6.14. The molecule has 0 fully saturated rings. The van der Waals surface area contributed by atoms with Gasteiger partial charge in [-0.1, -0.05) is 0 Å². The molecule has 0 spiro atoms. The first-order chi connectivity index (χ1) is 13.6. The number of hydrogen-bond acceptors (Lipinski definition) is 8. The van der Waals surface area contributed by atoms with Crippen LogP contribution in [0.5, 0.6) is 17.2 Å². The minimum absolute atomic E-state index is 0.0636. The Balaban J connectivity index is 2.15. The average molecular weight is 400 g/mol. The van der Waals surface area contributed by atoms with E-state index in [9.17, 15) is 25.2 Å². The van der Waals surface area contributed by atoms with Crippen molar-refractivity contribution in [2.75, 3.05) is 7.11 Å². The fraction of sp³-hybridized carbons (Fsp3) is 0.286. The molecule has 8 nitrogen and oxygen atoms in total. The molecule has 8 heteroatoms. The van der Waals surface area contributed by atoms with Gasteiger partial charge >= 0.3 is 5.63 Å². The van der Waals surface area contributed by atoms with Gasteiger partial charge in [0.15, 0.2) is 17.1 Å². The van der Waals surface area contributed by atoms with Crippen LogP contribution in [0.2, 0.25) is 0 Å². The Morgan fingerprint density at radius 2 is 1.83 bits per heavy atom. The number of aliphatic hydroxyl groups excluding tert-OH is 1. The van der Waals surface area contributed by atoms with Gasteiger partial charge in [-0.2, -0.15) is 0 Å². The third-order valence-corrected chi connectivity index (χ3v) is 5.05. The minimum Gasteiger partial charge on any atom is -0.508 e. The third-order valence-electron chi connectivity index (χ3n) is 5.05. The van der Waals surface area contributed by atoms with Crippen molar-refractivity contribution in [3.05, 3.63) is 40.2 Å². The van der Waals surface area contributed by atoms with E-state index in [0.29, 0.717) is 16.3 Å². The summed E-state index contributed by atoms with van der Waals surface area (Å²) >= 11 is 0. The molecular weight excluding hydrogens is 380 g/mol. The first kappa shape index (κ1) is 19.1. The highest BCUT2D eigenvalue weighted by Crippen LogP contribution is 2.43. The lowest BCUT2D eigenvalue weighted by molar-refractivity contribution is -0.0469. The number of ether oxygens (including phenoxy) is 1. The summed E-state index contributed by atoms with van der Waals surface area (Å²) in [6.45, 7) is 2.90. The number of furan rings is 1. The molecule has 0 aliphatic heterocycles. The van der Waals surface area contributed by atoms with Crippen LogP contribution in [0.4, 0.5) is 0 Å². The van der Waals surface area contributed by atoms with E-state index in [2.05, 4.69) is 0 Å². The molecule has 29 heavy (non-hydrogen) atoms. The van der Waals surface area contributed by atoms with Gasteiger partial charge in [0.1, 0.15) is 22.3 Å². The molecule has 1 atom stereocenters. The zero-order chi connectivity index (χ0) is 21.1. The topological polar surface area (TPSA) is 134 Å². The van der Waals surface area contributed by atoms with E-state index in [1.54, 1.807) is 6.07 Å². The van der Waals surface area contributed by atoms with Gasteiger partial charge in [0, 0.05) is 29.5 Å². The van der Waals surface area contributed by atoms with Crippen LogP contribution in [0.15, 0.2) is 37.9 Å². The van der Waals surface area contributed by atoms with Gasteiger partial charge in [0.2, 0.25) is 0 Å². The van der Waals surface area contributed by atoms with Gasteiger partial charge in [-0.05, 0) is 26.0 Å². The van der Waals surface area contributed by atoms with E-state index < -0.39 is 17.3 Å². The Bertz CT molecular complexity index is 1310. The van der Waals surface area contributed by atoms with Crippen molar-refractivity contribution < 1.29 is 34.0 Å². The van der Waals surface area contributed by atoms with E-state index in [4.69, 9.17) is 13.6 Å². The summed E-state index contributed by atoms with van der Waals surface area (Å²) < 4.78 is 16.5. The molecule has 0 radical (unpaired) electrons. The predicted octanol–water partition coefficient (Wildman–Crippen LogP) is 2.79. The smallest absolute Gasteiger partial charge is 0.348 e. The molecule has 0 unspecified atom stereocenters. The Morgan fingerprint density at radius 3 is 2.48 bits per heavy atom. The van der Waals surface area contributed by atoms with Crippen molar-refractivity contribution in [1.29, 1.82) is 0 Å². The first-order valence-electron chi connectivity index (χ1n) is 8.93. The standard InChI is InChI=1S/C21H20O8/c1-21(2,26)15(24)7-11-16-14(8-12(23)18(11)27-3)28-19-10-5-4-9(22)6-13(10)29-20(25)17(16)19/h4-6,8,15,22-24,26H,7H2,1-3H3/t15-/m1/s1. The summed E-state index contributed by atoms with van der Waals surface area (Å²) in [6.07, 6.45) is -1.32. The largest absolute Gasteiger partial charge is 0.508 e. The van der Waals surface area contributed by atoms with Crippen LogP contribution in [0.3, 0.4) is 0 Å². The second-order valence-corrected chi connectivity index (χ2v) is 7.53. The molecule has 4 rings (SSSR count). The maximum Gasteiger partial charge on any atom is 0.348 e. The Morgan fingerprint density at radius 1 is 1.10 bits per heavy atom. The zero-order valence-electron chi connectivity index (χ0n) is 16.0. The average Bonchev–Trinajstić information content (AvgIpc) is 3.00. The first-order valence-corrected chi connectivity index (χ1v) is 8.93. The second-order valence-electron chi connectivity index (χ2n) is 7.53. The number of methoxy groups -OCH3 is 1. The number of hydrogen-bond donors (Lipinski definition) is 4. The maximum absolute atomic E-state index is 12.8. The molecule has 2 aromatic carbocycles. The molecule has 0 saturated heterocycles. The van der Waals surface area contributed by atoms with Crippen LogP contribution in [0, 0.1) is 0 Å². The quantitative estimate of drug-likeness (QED) is 0.384. The molecule has 152 valence electrons. The molecular formula is C21H20O8. The third kappa shape index (κ3) is 2.97. The molecule has 0 aliphatic carbocycles. The van der Waals surface area contributed by atoms with Crippen LogP contribution in [-0.2, 0) is 6.42 Å². The van der Waals surface area contributed by atoms with Gasteiger partial charge in [-0.15, -0.1) is 0 Å². The fourth-order valence-corrected chi connectivity index (χ4v) is 3.49. The summed E-state index contributed by atoms with van der Waals surface area (Å²) in [5, 5.41) is 41.6. The van der Waals surface area contributed by atoms with Crippen molar-refractivity contribution in [2.45, 2.75) is 32.0 Å². The summed E-state index contributed by atoms with van der Waals surface area (Å²) in [4.78, 5) is 12.8. The summed E-state index contributed by atoms with van der Waals surface area (Å²) in [6, 6.07) is 5.62. The van der Waals surface area contributed by atoms with Crippen molar-refractivity contribution in [3.8, 4) is 17.2 Å². The van der Waals surface area contributed by atoms with Crippen molar-refractivity contribution in [3.63, 3.8) is 0 Å². The summed E-state index contributed by atoms with van der Waals surface area (Å²) in [7, 11) is 1.35. The molecule has 2 aromatic heterocycles. The normalized spacial score (nSPS) is 13.4. The lowest BCUT2D eigenvalue weighted by Gasteiger charge is -2.25. The number of rotatable bonds is 4. The lowest BCUT2D eigenvalue weighted by Crippen LogP contribution is -2.37. The SMILES string of the molecule is COc1c(O)cc2oc3c4ccc(O)cc4oc(=O)c3c2c1C[C@@H](O)C(C)(C)O. The minimum atomic E-state index is -1.43. The highest BCUT2D eigenvalue weighted by atomic mass is 16.5. The van der Waals surface area contributed by atoms with Gasteiger partial charge in [-0.25, -0.2) is 4.79 Å². The Labute approximate surface area is 164 Å². The monoisotopic (exact) mass is 400 g/mol. The number of fused-ring (bicyclic) bond motifs is 5. The van der Waals surface area contributed by atoms with E-state index in [1.807, 2.05) is 0 Å². The Hall–Kier alpha value is -3.23. The second kappa shape index (κ2) is 6.40. The molecule has 4 N–H and O–H groups in total. The molecule has 2 heterocycles. The number of aliphatic hydroxyl groups is 2. The molecule has 0 amide bonds. The zero-order valence-corrected chi connectivity index (χ0v) is 16.0. The van der Waals surface area contributed by atoms with Gasteiger partial charge in [0.25, 0.3) is 0 Å². The van der Waals surface area contributed by atoms with Crippen LogP contribution in [0.1, 0.15) is 19.4 Å². The number of aromatic hydroxyl groups is 2. The van der Waals surface area contributed by atoms with Crippen molar-refractivity contribution in [2.24, 2.45) is 0 Å². The van der Waals surface area contributed by atoms with Gasteiger partial charge < -0.3 is 34.0 Å². The van der Waals surface area contributed by atoms with Crippen molar-refractivity contribution >= 4 is 32.9 Å². The van der Waals surface area contributed by atoms with E-state index in [0.717, 1.165) is 0 Å². The van der Waals surface area contributed by atoms with Crippen LogP contribution in [-0.4, -0.2) is 39.2 Å². The van der Waals surface area contributed by atoms with E-state index >= 15 is 0 Å². The Kier molecular flexibility index (Phi) is 4.21. The molecule has 0 saturated carbocycles. The molecule has 4 aromatic rings. The van der Waals surface area contributed by atoms with Gasteiger partial charge in [-0.3, -0.25) is 0 Å². The molecule has 0 aliphatic rings. The number of benzene rings is 2. The van der Waals surface area contributed by atoms with Crippen LogP contribution in [0.25, 0.3) is 32.9 Å². The van der Waals surface area contributed by atoms with Crippen LogP contribution >= 0.6 is 0 Å². The van der Waals surface area contributed by atoms with E-state index in [-0.39, 0.29) is 45.8 Å². The number of phenolic OH excluding ortho intramolecular Hbond substituents is 2.